The molecule has 3 aromatic carbocycles. The number of nitrogens with zero attached hydrogens (tertiary/aromatic N) is 2. The number of esters is 4. The van der Waals surface area contributed by atoms with Crippen molar-refractivity contribution in [2.45, 2.75) is 31.0 Å². The van der Waals surface area contributed by atoms with Gasteiger partial charge in [0.05, 0.1) is 23.8 Å². The first kappa shape index (κ1) is 30.8. The number of ether oxygens (including phenoxy) is 5. The molecule has 2 heterocycles. The van der Waals surface area contributed by atoms with Gasteiger partial charge in [-0.1, -0.05) is 54.6 Å². The van der Waals surface area contributed by atoms with Crippen LogP contribution < -0.4 is 5.56 Å². The molecule has 45 heavy (non-hydrogen) atoms. The van der Waals surface area contributed by atoms with Gasteiger partial charge in [0.2, 0.25) is 5.69 Å². The molecule has 12 heteroatoms. The molecule has 0 saturated carbocycles. The van der Waals surface area contributed by atoms with Crippen LogP contribution in [0.2, 0.25) is 0 Å². The van der Waals surface area contributed by atoms with Gasteiger partial charge < -0.3 is 23.7 Å². The van der Waals surface area contributed by atoms with Gasteiger partial charge in [0.1, 0.15) is 12.7 Å². The molecule has 1 saturated heterocycles. The number of methoxy groups -OCH3 is 1. The highest BCUT2D eigenvalue weighted by Crippen LogP contribution is 2.43. The summed E-state index contributed by atoms with van der Waals surface area (Å²) in [7, 11) is 1.09. The Morgan fingerprint density at radius 1 is 0.800 bits per heavy atom. The average molecular weight is 613 g/mol. The zero-order valence-corrected chi connectivity index (χ0v) is 24.2. The highest BCUT2D eigenvalue weighted by molar-refractivity contribution is 5.91. The van der Waals surface area contributed by atoms with Gasteiger partial charge in [0.25, 0.3) is 5.56 Å². The maximum absolute atomic E-state index is 13.5. The molecule has 0 N–H and O–H groups in total. The summed E-state index contributed by atoms with van der Waals surface area (Å²) in [5, 5.41) is 0. The first-order chi connectivity index (χ1) is 21.7. The minimum Gasteiger partial charge on any atom is -0.464 e. The van der Waals surface area contributed by atoms with Crippen LogP contribution in [0.15, 0.2) is 108 Å². The Morgan fingerprint density at radius 2 is 1.33 bits per heavy atom. The Kier molecular flexibility index (Phi) is 9.14. The lowest BCUT2D eigenvalue weighted by molar-refractivity contribution is -0.111. The largest absolute Gasteiger partial charge is 0.464 e. The zero-order chi connectivity index (χ0) is 32.0. The van der Waals surface area contributed by atoms with Crippen LogP contribution in [-0.4, -0.2) is 65.0 Å². The Morgan fingerprint density at radius 3 is 1.89 bits per heavy atom. The van der Waals surface area contributed by atoms with Crippen LogP contribution in [0.4, 0.5) is 0 Å². The van der Waals surface area contributed by atoms with Crippen molar-refractivity contribution in [2.75, 3.05) is 13.7 Å². The fraction of sp³-hybridized carbons (Fsp3) is 0.212. The van der Waals surface area contributed by atoms with Crippen LogP contribution in [0.3, 0.4) is 0 Å². The molecule has 1 aliphatic heterocycles. The molecule has 0 spiro atoms. The van der Waals surface area contributed by atoms with Crippen molar-refractivity contribution < 1.29 is 42.9 Å². The standard InChI is InChI=1S/C33H28N2O10/c1-33(45-30(39)23-16-10-5-11-17-23)26(44-29(38)22-14-8-4-9-15-22)24(20-42-28(37)21-12-6-3-7-13-21)43-32(33)35-19-18-34-25(27(35)36)31(40)41-2/h3-19,24,26,32H,20H2,1-2H3/t24-,26?,32-,33+/m1/s1. The lowest BCUT2D eigenvalue weighted by Crippen LogP contribution is -2.52. The number of aromatic nitrogens is 2. The summed E-state index contributed by atoms with van der Waals surface area (Å²) in [4.78, 5) is 69.3. The van der Waals surface area contributed by atoms with Gasteiger partial charge in [-0.15, -0.1) is 0 Å². The molecule has 230 valence electrons. The van der Waals surface area contributed by atoms with Crippen LogP contribution in [0.25, 0.3) is 0 Å². The number of carbonyl (C=O) groups excluding carboxylic acids is 4. The Hall–Kier alpha value is -5.62. The van der Waals surface area contributed by atoms with Crippen molar-refractivity contribution in [3.63, 3.8) is 0 Å². The SMILES string of the molecule is COC(=O)c1nccn([C@@H]2O[C@H](COC(=O)c3ccccc3)C(OC(=O)c3ccccc3)[C@]2(C)OC(=O)c2ccccc2)c1=O. The first-order valence-corrected chi connectivity index (χ1v) is 13.8. The van der Waals surface area contributed by atoms with Gasteiger partial charge in [-0.2, -0.15) is 0 Å². The van der Waals surface area contributed by atoms with Gasteiger partial charge in [-0.05, 0) is 43.3 Å². The minimum atomic E-state index is -1.92. The number of carbonyl (C=O) groups is 4. The zero-order valence-electron chi connectivity index (χ0n) is 24.2. The van der Waals surface area contributed by atoms with Crippen LogP contribution in [-0.2, 0) is 23.7 Å². The summed E-state index contributed by atoms with van der Waals surface area (Å²) in [5.41, 5.74) is -2.78. The summed E-state index contributed by atoms with van der Waals surface area (Å²) in [6.07, 6.45) is -1.76. The molecular formula is C33H28N2O10. The highest BCUT2D eigenvalue weighted by atomic mass is 16.7. The molecule has 4 atom stereocenters. The fourth-order valence-electron chi connectivity index (χ4n) is 4.90. The fourth-order valence-corrected chi connectivity index (χ4v) is 4.90. The van der Waals surface area contributed by atoms with Crippen LogP contribution in [0, 0.1) is 0 Å². The smallest absolute Gasteiger partial charge is 0.362 e. The molecule has 0 bridgehead atoms. The third-order valence-corrected chi connectivity index (χ3v) is 7.15. The van der Waals surface area contributed by atoms with Crippen molar-refractivity contribution in [2.24, 2.45) is 0 Å². The van der Waals surface area contributed by atoms with Crippen molar-refractivity contribution in [3.8, 4) is 0 Å². The molecule has 0 aliphatic carbocycles. The van der Waals surface area contributed by atoms with E-state index in [4.69, 9.17) is 23.7 Å². The van der Waals surface area contributed by atoms with Crippen molar-refractivity contribution in [1.82, 2.24) is 9.55 Å². The van der Waals surface area contributed by atoms with E-state index in [1.807, 2.05) is 0 Å². The number of hydrogen-bond acceptors (Lipinski definition) is 11. The van der Waals surface area contributed by atoms with Gasteiger partial charge in [-0.3, -0.25) is 9.36 Å². The lowest BCUT2D eigenvalue weighted by atomic mass is 9.95. The molecule has 0 amide bonds. The van der Waals surface area contributed by atoms with Gasteiger partial charge in [0.15, 0.2) is 17.9 Å². The normalized spacial score (nSPS) is 20.5. The average Bonchev–Trinajstić information content (AvgIpc) is 3.34. The second-order valence-electron chi connectivity index (χ2n) is 10.1. The molecule has 1 aromatic heterocycles. The van der Waals surface area contributed by atoms with E-state index >= 15 is 0 Å². The number of benzene rings is 3. The van der Waals surface area contributed by atoms with E-state index in [0.29, 0.717) is 0 Å². The predicted molar refractivity (Wildman–Crippen MR) is 156 cm³/mol. The molecule has 1 unspecified atom stereocenters. The van der Waals surface area contributed by atoms with E-state index in [9.17, 15) is 24.0 Å². The number of rotatable bonds is 9. The van der Waals surface area contributed by atoms with Crippen molar-refractivity contribution in [3.05, 3.63) is 136 Å². The summed E-state index contributed by atoms with van der Waals surface area (Å²) in [6, 6.07) is 24.3. The molecule has 5 rings (SSSR count). The minimum absolute atomic E-state index is 0.168. The highest BCUT2D eigenvalue weighted by Gasteiger charge is 2.60. The van der Waals surface area contributed by atoms with E-state index < -0.39 is 65.8 Å². The van der Waals surface area contributed by atoms with Gasteiger partial charge in [-0.25, -0.2) is 24.2 Å². The predicted octanol–water partition coefficient (Wildman–Crippen LogP) is 3.63. The number of hydrogen-bond donors (Lipinski definition) is 0. The molecular weight excluding hydrogens is 584 g/mol. The first-order valence-electron chi connectivity index (χ1n) is 13.8. The van der Waals surface area contributed by atoms with E-state index in [1.54, 1.807) is 66.7 Å². The van der Waals surface area contributed by atoms with E-state index in [0.717, 1.165) is 11.7 Å². The monoisotopic (exact) mass is 612 g/mol. The summed E-state index contributed by atoms with van der Waals surface area (Å²) < 4.78 is 29.4. The summed E-state index contributed by atoms with van der Waals surface area (Å²) in [5.74, 6) is -3.29. The molecule has 1 fully saturated rings. The summed E-state index contributed by atoms with van der Waals surface area (Å²) >= 11 is 0. The molecule has 1 aliphatic rings. The third-order valence-electron chi connectivity index (χ3n) is 7.15. The lowest BCUT2D eigenvalue weighted by Gasteiger charge is -2.34. The van der Waals surface area contributed by atoms with Crippen molar-refractivity contribution >= 4 is 23.9 Å². The quantitative estimate of drug-likeness (QED) is 0.201. The molecule has 12 nitrogen and oxygen atoms in total. The maximum atomic E-state index is 13.5. The van der Waals surface area contributed by atoms with Crippen molar-refractivity contribution in [1.29, 1.82) is 0 Å². The second kappa shape index (κ2) is 13.3. The topological polar surface area (TPSA) is 149 Å². The van der Waals surface area contributed by atoms with Gasteiger partial charge in [0, 0.05) is 12.4 Å². The molecule has 4 aromatic rings. The Labute approximate surface area is 257 Å². The van der Waals surface area contributed by atoms with Crippen LogP contribution >= 0.6 is 0 Å². The van der Waals surface area contributed by atoms with E-state index in [-0.39, 0.29) is 16.7 Å². The van der Waals surface area contributed by atoms with Crippen LogP contribution in [0.5, 0.6) is 0 Å². The molecule has 0 radical (unpaired) electrons. The summed E-state index contributed by atoms with van der Waals surface area (Å²) in [6.45, 7) is 0.963. The second-order valence-corrected chi connectivity index (χ2v) is 10.1. The van der Waals surface area contributed by atoms with E-state index in [2.05, 4.69) is 4.98 Å². The maximum Gasteiger partial charge on any atom is 0.362 e. The van der Waals surface area contributed by atoms with Gasteiger partial charge >= 0.3 is 23.9 Å². The Balaban J connectivity index is 1.58. The van der Waals surface area contributed by atoms with E-state index in [1.165, 1.54) is 43.6 Å². The van der Waals surface area contributed by atoms with Crippen LogP contribution in [0.1, 0.15) is 54.7 Å². The Bertz CT molecular complexity index is 1740. The third kappa shape index (κ3) is 6.50.